The van der Waals surface area contributed by atoms with Crippen LogP contribution in [0.2, 0.25) is 5.02 Å². The minimum atomic E-state index is 0.00343. The molecule has 1 atom stereocenters. The fourth-order valence-corrected chi connectivity index (χ4v) is 2.30. The van der Waals surface area contributed by atoms with E-state index in [1.165, 1.54) is 0 Å². The first kappa shape index (κ1) is 14.2. The van der Waals surface area contributed by atoms with E-state index in [9.17, 15) is 4.79 Å². The van der Waals surface area contributed by atoms with E-state index in [0.717, 1.165) is 19.5 Å². The minimum Gasteiger partial charge on any atom is -0.487 e. The summed E-state index contributed by atoms with van der Waals surface area (Å²) in [5.41, 5.74) is 0.637. The number of nitrogens with one attached hydrogen (secondary N) is 2. The molecular formula is C14H19ClN2O2. The molecule has 1 saturated heterocycles. The second-order valence-electron chi connectivity index (χ2n) is 4.96. The number of ether oxygens (including phenoxy) is 1. The quantitative estimate of drug-likeness (QED) is 0.893. The van der Waals surface area contributed by atoms with Crippen LogP contribution in [0.1, 0.15) is 20.3 Å². The van der Waals surface area contributed by atoms with Crippen LogP contribution < -0.4 is 15.4 Å². The van der Waals surface area contributed by atoms with Gasteiger partial charge in [0, 0.05) is 6.54 Å². The summed E-state index contributed by atoms with van der Waals surface area (Å²) in [6.07, 6.45) is 0.871. The summed E-state index contributed by atoms with van der Waals surface area (Å²) < 4.78 is 5.68. The van der Waals surface area contributed by atoms with Crippen LogP contribution in [0.3, 0.4) is 0 Å². The summed E-state index contributed by atoms with van der Waals surface area (Å²) in [6.45, 7) is 5.47. The Bertz CT molecular complexity index is 457. The van der Waals surface area contributed by atoms with Gasteiger partial charge in [-0.2, -0.15) is 0 Å². The molecule has 1 aromatic rings. The average Bonchev–Trinajstić information content (AvgIpc) is 2.87. The lowest BCUT2D eigenvalue weighted by atomic mass is 10.1. The molecule has 1 aromatic carbocycles. The Labute approximate surface area is 118 Å². The number of benzene rings is 1. The Balaban J connectivity index is 2.14. The number of rotatable bonds is 4. The van der Waals surface area contributed by atoms with Crippen LogP contribution in [0.5, 0.6) is 5.75 Å². The molecule has 1 unspecified atom stereocenters. The van der Waals surface area contributed by atoms with Gasteiger partial charge in [-0.25, -0.2) is 0 Å². The Morgan fingerprint density at radius 1 is 1.53 bits per heavy atom. The normalized spacial score (nSPS) is 18.6. The molecule has 1 heterocycles. The van der Waals surface area contributed by atoms with Crippen molar-refractivity contribution in [3.8, 4) is 5.75 Å². The van der Waals surface area contributed by atoms with Crippen molar-refractivity contribution in [3.63, 3.8) is 0 Å². The molecule has 0 aromatic heterocycles. The zero-order valence-corrected chi connectivity index (χ0v) is 12.0. The van der Waals surface area contributed by atoms with Crippen LogP contribution in [0.25, 0.3) is 0 Å². The molecular weight excluding hydrogens is 264 g/mol. The SMILES string of the molecule is CC(C)Oc1c(Cl)cccc1NC(=O)C1CCNC1. The van der Waals surface area contributed by atoms with Gasteiger partial charge in [-0.15, -0.1) is 0 Å². The average molecular weight is 283 g/mol. The van der Waals surface area contributed by atoms with E-state index in [4.69, 9.17) is 16.3 Å². The first-order valence-electron chi connectivity index (χ1n) is 6.54. The Hall–Kier alpha value is -1.26. The molecule has 0 bridgehead atoms. The predicted octanol–water partition coefficient (Wildman–Crippen LogP) is 2.68. The number of para-hydroxylation sites is 1. The summed E-state index contributed by atoms with van der Waals surface area (Å²) in [6, 6.07) is 5.37. The number of halogens is 1. The maximum absolute atomic E-state index is 12.1. The van der Waals surface area contributed by atoms with Gasteiger partial charge in [0.2, 0.25) is 5.91 Å². The molecule has 1 aliphatic heterocycles. The molecule has 1 fully saturated rings. The van der Waals surface area contributed by atoms with Gasteiger partial charge in [0.15, 0.2) is 5.75 Å². The third-order valence-electron chi connectivity index (χ3n) is 3.01. The standard InChI is InChI=1S/C14H19ClN2O2/c1-9(2)19-13-11(15)4-3-5-12(13)17-14(18)10-6-7-16-8-10/h3-5,9-10,16H,6-8H2,1-2H3,(H,17,18). The van der Waals surface area contributed by atoms with Crippen LogP contribution in [0, 0.1) is 5.92 Å². The van der Waals surface area contributed by atoms with E-state index in [2.05, 4.69) is 10.6 Å². The van der Waals surface area contributed by atoms with Gasteiger partial charge in [0.25, 0.3) is 0 Å². The van der Waals surface area contributed by atoms with Crippen LogP contribution in [0.15, 0.2) is 18.2 Å². The number of carbonyl (C=O) groups excluding carboxylic acids is 1. The molecule has 0 aliphatic carbocycles. The molecule has 0 saturated carbocycles. The number of hydrogen-bond acceptors (Lipinski definition) is 3. The highest BCUT2D eigenvalue weighted by Gasteiger charge is 2.23. The summed E-state index contributed by atoms with van der Waals surface area (Å²) in [4.78, 5) is 12.1. The van der Waals surface area contributed by atoms with Gasteiger partial charge in [-0.3, -0.25) is 4.79 Å². The second kappa shape index (κ2) is 6.26. The smallest absolute Gasteiger partial charge is 0.228 e. The van der Waals surface area contributed by atoms with Crippen molar-refractivity contribution in [1.29, 1.82) is 0 Å². The fourth-order valence-electron chi connectivity index (χ4n) is 2.08. The number of anilines is 1. The van der Waals surface area contributed by atoms with Crippen molar-refractivity contribution in [3.05, 3.63) is 23.2 Å². The Morgan fingerprint density at radius 3 is 2.95 bits per heavy atom. The zero-order chi connectivity index (χ0) is 13.8. The molecule has 0 radical (unpaired) electrons. The largest absolute Gasteiger partial charge is 0.487 e. The summed E-state index contributed by atoms with van der Waals surface area (Å²) in [5.74, 6) is 0.574. The van der Waals surface area contributed by atoms with Crippen LogP contribution in [-0.4, -0.2) is 25.1 Å². The zero-order valence-electron chi connectivity index (χ0n) is 11.2. The van der Waals surface area contributed by atoms with Crippen molar-refractivity contribution in [2.24, 2.45) is 5.92 Å². The molecule has 104 valence electrons. The van der Waals surface area contributed by atoms with E-state index in [0.29, 0.717) is 16.5 Å². The molecule has 1 amide bonds. The lowest BCUT2D eigenvalue weighted by Crippen LogP contribution is -2.25. The van der Waals surface area contributed by atoms with Gasteiger partial charge in [-0.05, 0) is 38.9 Å². The maximum atomic E-state index is 12.1. The van der Waals surface area contributed by atoms with E-state index in [1.807, 2.05) is 19.9 Å². The first-order chi connectivity index (χ1) is 9.08. The highest BCUT2D eigenvalue weighted by molar-refractivity contribution is 6.32. The third kappa shape index (κ3) is 3.61. The van der Waals surface area contributed by atoms with Crippen LogP contribution in [-0.2, 0) is 4.79 Å². The van der Waals surface area contributed by atoms with E-state index < -0.39 is 0 Å². The van der Waals surface area contributed by atoms with Crippen molar-refractivity contribution in [1.82, 2.24) is 5.32 Å². The van der Waals surface area contributed by atoms with E-state index in [1.54, 1.807) is 12.1 Å². The van der Waals surface area contributed by atoms with Gasteiger partial charge in [0.1, 0.15) is 0 Å². The molecule has 4 nitrogen and oxygen atoms in total. The highest BCUT2D eigenvalue weighted by Crippen LogP contribution is 2.34. The van der Waals surface area contributed by atoms with Gasteiger partial charge in [0.05, 0.1) is 22.7 Å². The predicted molar refractivity (Wildman–Crippen MR) is 76.8 cm³/mol. The van der Waals surface area contributed by atoms with Crippen LogP contribution >= 0.6 is 11.6 Å². The number of hydrogen-bond donors (Lipinski definition) is 2. The topological polar surface area (TPSA) is 50.4 Å². The molecule has 5 heteroatoms. The van der Waals surface area contributed by atoms with Crippen molar-refractivity contribution in [2.75, 3.05) is 18.4 Å². The molecule has 2 rings (SSSR count). The lowest BCUT2D eigenvalue weighted by Gasteiger charge is -2.17. The van der Waals surface area contributed by atoms with Gasteiger partial charge < -0.3 is 15.4 Å². The van der Waals surface area contributed by atoms with E-state index in [-0.39, 0.29) is 17.9 Å². The maximum Gasteiger partial charge on any atom is 0.228 e. The minimum absolute atomic E-state index is 0.00343. The monoisotopic (exact) mass is 282 g/mol. The van der Waals surface area contributed by atoms with Crippen molar-refractivity contribution < 1.29 is 9.53 Å². The highest BCUT2D eigenvalue weighted by atomic mass is 35.5. The Morgan fingerprint density at radius 2 is 2.32 bits per heavy atom. The molecule has 0 spiro atoms. The summed E-state index contributed by atoms with van der Waals surface area (Å²) in [7, 11) is 0. The summed E-state index contributed by atoms with van der Waals surface area (Å²) in [5, 5.41) is 6.60. The van der Waals surface area contributed by atoms with Gasteiger partial charge >= 0.3 is 0 Å². The van der Waals surface area contributed by atoms with Crippen molar-refractivity contribution >= 4 is 23.2 Å². The first-order valence-corrected chi connectivity index (χ1v) is 6.92. The van der Waals surface area contributed by atoms with E-state index >= 15 is 0 Å². The van der Waals surface area contributed by atoms with Crippen LogP contribution in [0.4, 0.5) is 5.69 Å². The fraction of sp³-hybridized carbons (Fsp3) is 0.500. The second-order valence-corrected chi connectivity index (χ2v) is 5.37. The Kier molecular flexibility index (Phi) is 4.66. The number of carbonyl (C=O) groups is 1. The number of amides is 1. The summed E-state index contributed by atoms with van der Waals surface area (Å²) >= 11 is 6.13. The third-order valence-corrected chi connectivity index (χ3v) is 3.31. The van der Waals surface area contributed by atoms with Crippen molar-refractivity contribution in [2.45, 2.75) is 26.4 Å². The van der Waals surface area contributed by atoms with Gasteiger partial charge in [-0.1, -0.05) is 17.7 Å². The lowest BCUT2D eigenvalue weighted by molar-refractivity contribution is -0.119. The molecule has 2 N–H and O–H groups in total. The molecule has 19 heavy (non-hydrogen) atoms. The molecule has 1 aliphatic rings.